The van der Waals surface area contributed by atoms with Gasteiger partial charge in [-0.2, -0.15) is 0 Å². The molecule has 1 saturated carbocycles. The largest absolute Gasteiger partial charge is 0.339 e. The fourth-order valence-electron chi connectivity index (χ4n) is 4.28. The van der Waals surface area contributed by atoms with Crippen molar-refractivity contribution < 1.29 is 9.59 Å². The van der Waals surface area contributed by atoms with Gasteiger partial charge in [0.1, 0.15) is 0 Å². The van der Waals surface area contributed by atoms with Gasteiger partial charge in [-0.15, -0.1) is 12.4 Å². The monoisotopic (exact) mass is 427 g/mol. The lowest BCUT2D eigenvalue weighted by Crippen LogP contribution is -2.52. The van der Waals surface area contributed by atoms with Crippen LogP contribution in [-0.4, -0.2) is 54.3 Å². The molecule has 0 unspecified atom stereocenters. The van der Waals surface area contributed by atoms with Gasteiger partial charge in [0.25, 0.3) is 0 Å². The molecular formula is C21H31Cl2N3O2. The van der Waals surface area contributed by atoms with E-state index in [1.807, 2.05) is 21.9 Å². The van der Waals surface area contributed by atoms with Crippen LogP contribution in [0.1, 0.15) is 44.1 Å². The molecule has 3 rings (SSSR count). The summed E-state index contributed by atoms with van der Waals surface area (Å²) in [6, 6.07) is 7.38. The maximum absolute atomic E-state index is 12.8. The van der Waals surface area contributed by atoms with Crippen molar-refractivity contribution in [3.05, 3.63) is 34.9 Å². The fraction of sp³-hybridized carbons (Fsp3) is 0.619. The molecule has 1 aliphatic carbocycles. The highest BCUT2D eigenvalue weighted by atomic mass is 35.5. The Morgan fingerprint density at radius 2 is 1.46 bits per heavy atom. The molecule has 28 heavy (non-hydrogen) atoms. The third-order valence-corrected chi connectivity index (χ3v) is 6.38. The fourth-order valence-corrected chi connectivity index (χ4v) is 4.41. The van der Waals surface area contributed by atoms with Crippen molar-refractivity contribution in [3.8, 4) is 0 Å². The first-order valence-corrected chi connectivity index (χ1v) is 10.4. The van der Waals surface area contributed by atoms with Crippen LogP contribution >= 0.6 is 24.0 Å². The van der Waals surface area contributed by atoms with E-state index in [0.29, 0.717) is 50.6 Å². The minimum absolute atomic E-state index is 0. The van der Waals surface area contributed by atoms with Crippen LogP contribution < -0.4 is 5.73 Å². The molecule has 1 aromatic carbocycles. The van der Waals surface area contributed by atoms with Gasteiger partial charge >= 0.3 is 0 Å². The second-order valence-corrected chi connectivity index (χ2v) is 8.44. The van der Waals surface area contributed by atoms with Gasteiger partial charge in [-0.3, -0.25) is 9.59 Å². The Morgan fingerprint density at radius 1 is 0.929 bits per heavy atom. The summed E-state index contributed by atoms with van der Waals surface area (Å²) in [6.45, 7) is 3.04. The summed E-state index contributed by atoms with van der Waals surface area (Å²) >= 11 is 5.89. The summed E-state index contributed by atoms with van der Waals surface area (Å²) < 4.78 is 0. The standard InChI is InChI=1S/C21H30ClN3O2.ClH/c22-18-6-4-17(5-7-18)14-19(26)24-10-12-25(13-11-24)20(27)15-21(16-23)8-2-1-3-9-21;/h4-7H,1-3,8-16,23H2;1H. The molecule has 0 spiro atoms. The van der Waals surface area contributed by atoms with Gasteiger partial charge in [0.15, 0.2) is 0 Å². The number of nitrogens with two attached hydrogens (primary N) is 1. The van der Waals surface area contributed by atoms with Crippen LogP contribution in [-0.2, 0) is 16.0 Å². The number of piperazine rings is 1. The van der Waals surface area contributed by atoms with Gasteiger partial charge in [0.2, 0.25) is 11.8 Å². The zero-order chi connectivity index (χ0) is 19.3. The Kier molecular flexibility index (Phi) is 8.59. The van der Waals surface area contributed by atoms with E-state index in [1.54, 1.807) is 12.1 Å². The second kappa shape index (κ2) is 10.5. The van der Waals surface area contributed by atoms with E-state index in [1.165, 1.54) is 19.3 Å². The normalized spacial score (nSPS) is 19.1. The number of amides is 2. The molecule has 2 fully saturated rings. The van der Waals surface area contributed by atoms with Crippen LogP contribution in [0.3, 0.4) is 0 Å². The van der Waals surface area contributed by atoms with Gasteiger partial charge in [0.05, 0.1) is 6.42 Å². The maximum Gasteiger partial charge on any atom is 0.227 e. The first-order valence-electron chi connectivity index (χ1n) is 10.0. The smallest absolute Gasteiger partial charge is 0.227 e. The van der Waals surface area contributed by atoms with Crippen molar-refractivity contribution in [1.82, 2.24) is 9.80 Å². The Labute approximate surface area is 179 Å². The highest BCUT2D eigenvalue weighted by Gasteiger charge is 2.35. The van der Waals surface area contributed by atoms with Gasteiger partial charge in [-0.1, -0.05) is 43.0 Å². The molecule has 7 heteroatoms. The Bertz CT molecular complexity index is 652. The predicted octanol–water partition coefficient (Wildman–Crippen LogP) is 3.27. The second-order valence-electron chi connectivity index (χ2n) is 8.01. The van der Waals surface area contributed by atoms with Gasteiger partial charge in [-0.25, -0.2) is 0 Å². The van der Waals surface area contributed by atoms with E-state index in [2.05, 4.69) is 0 Å². The average molecular weight is 428 g/mol. The van der Waals surface area contributed by atoms with Crippen molar-refractivity contribution in [1.29, 1.82) is 0 Å². The minimum Gasteiger partial charge on any atom is -0.339 e. The van der Waals surface area contributed by atoms with Crippen LogP contribution in [0.5, 0.6) is 0 Å². The summed E-state index contributed by atoms with van der Waals surface area (Å²) in [4.78, 5) is 29.1. The Balaban J connectivity index is 0.00000280. The minimum atomic E-state index is -0.00310. The number of carbonyl (C=O) groups is 2. The van der Waals surface area contributed by atoms with Crippen molar-refractivity contribution in [2.45, 2.75) is 44.9 Å². The van der Waals surface area contributed by atoms with E-state index in [0.717, 1.165) is 18.4 Å². The first-order chi connectivity index (χ1) is 13.0. The molecule has 2 aliphatic rings. The number of benzene rings is 1. The molecule has 0 bridgehead atoms. The third-order valence-electron chi connectivity index (χ3n) is 6.13. The van der Waals surface area contributed by atoms with Gasteiger partial charge in [0, 0.05) is 37.6 Å². The molecule has 0 atom stereocenters. The van der Waals surface area contributed by atoms with Crippen LogP contribution in [0, 0.1) is 5.41 Å². The van der Waals surface area contributed by atoms with Crippen LogP contribution in [0.4, 0.5) is 0 Å². The number of hydrogen-bond acceptors (Lipinski definition) is 3. The lowest BCUT2D eigenvalue weighted by molar-refractivity contribution is -0.141. The molecule has 0 radical (unpaired) electrons. The van der Waals surface area contributed by atoms with E-state index < -0.39 is 0 Å². The highest BCUT2D eigenvalue weighted by molar-refractivity contribution is 6.30. The topological polar surface area (TPSA) is 66.6 Å². The molecule has 1 aromatic rings. The summed E-state index contributed by atoms with van der Waals surface area (Å²) in [5, 5.41) is 0.673. The molecule has 2 amide bonds. The van der Waals surface area contributed by atoms with E-state index in [-0.39, 0.29) is 29.6 Å². The molecule has 156 valence electrons. The molecule has 1 saturated heterocycles. The number of rotatable bonds is 5. The Hall–Kier alpha value is -1.30. The first kappa shape index (κ1) is 23.0. The molecule has 1 heterocycles. The van der Waals surface area contributed by atoms with E-state index >= 15 is 0 Å². The number of nitrogens with zero attached hydrogens (tertiary/aromatic N) is 2. The summed E-state index contributed by atoms with van der Waals surface area (Å²) in [7, 11) is 0. The number of hydrogen-bond donors (Lipinski definition) is 1. The van der Waals surface area contributed by atoms with Gasteiger partial charge in [-0.05, 0) is 42.5 Å². The highest BCUT2D eigenvalue weighted by Crippen LogP contribution is 2.38. The summed E-state index contributed by atoms with van der Waals surface area (Å²) in [5.74, 6) is 0.308. The zero-order valence-electron chi connectivity index (χ0n) is 16.4. The maximum atomic E-state index is 12.8. The molecule has 2 N–H and O–H groups in total. The molecule has 0 aromatic heterocycles. The van der Waals surface area contributed by atoms with Crippen molar-refractivity contribution in [2.24, 2.45) is 11.1 Å². The van der Waals surface area contributed by atoms with Crippen molar-refractivity contribution >= 4 is 35.8 Å². The lowest BCUT2D eigenvalue weighted by atomic mass is 9.71. The quantitative estimate of drug-likeness (QED) is 0.783. The molecule has 1 aliphatic heterocycles. The van der Waals surface area contributed by atoms with E-state index in [4.69, 9.17) is 17.3 Å². The zero-order valence-corrected chi connectivity index (χ0v) is 17.9. The Morgan fingerprint density at radius 3 is 2.00 bits per heavy atom. The van der Waals surface area contributed by atoms with Crippen molar-refractivity contribution in [3.63, 3.8) is 0 Å². The van der Waals surface area contributed by atoms with Gasteiger partial charge < -0.3 is 15.5 Å². The number of carbonyl (C=O) groups excluding carboxylic acids is 2. The molecule has 5 nitrogen and oxygen atoms in total. The van der Waals surface area contributed by atoms with Crippen LogP contribution in [0.25, 0.3) is 0 Å². The SMILES string of the molecule is Cl.NCC1(CC(=O)N2CCN(C(=O)Cc3ccc(Cl)cc3)CC2)CCCCC1. The third kappa shape index (κ3) is 5.85. The van der Waals surface area contributed by atoms with E-state index in [9.17, 15) is 9.59 Å². The summed E-state index contributed by atoms with van der Waals surface area (Å²) in [6.07, 6.45) is 6.67. The average Bonchev–Trinajstić information content (AvgIpc) is 2.70. The summed E-state index contributed by atoms with van der Waals surface area (Å²) in [5.41, 5.74) is 6.99. The predicted molar refractivity (Wildman–Crippen MR) is 115 cm³/mol. The lowest BCUT2D eigenvalue weighted by Gasteiger charge is -2.39. The molecular weight excluding hydrogens is 397 g/mol. The number of halogens is 2. The van der Waals surface area contributed by atoms with Crippen molar-refractivity contribution in [2.75, 3.05) is 32.7 Å². The van der Waals surface area contributed by atoms with Crippen LogP contribution in [0.15, 0.2) is 24.3 Å². The van der Waals surface area contributed by atoms with Crippen LogP contribution in [0.2, 0.25) is 5.02 Å².